The molecule has 1 aromatic rings. The average Bonchev–Trinajstić information content (AvgIpc) is 2.19. The third-order valence-electron chi connectivity index (χ3n) is 2.06. The van der Waals surface area contributed by atoms with Gasteiger partial charge in [0.2, 0.25) is 6.41 Å². The summed E-state index contributed by atoms with van der Waals surface area (Å²) in [6.45, 7) is 3.99. The molecule has 76 valence electrons. The van der Waals surface area contributed by atoms with Crippen LogP contribution in [0, 0.1) is 0 Å². The van der Waals surface area contributed by atoms with Gasteiger partial charge in [0.25, 0.3) is 0 Å². The Labute approximate surface area is 93.0 Å². The average molecular weight is 256 g/mol. The van der Waals surface area contributed by atoms with Crippen LogP contribution in [0.2, 0.25) is 0 Å². The van der Waals surface area contributed by atoms with E-state index in [1.807, 2.05) is 38.1 Å². The van der Waals surface area contributed by atoms with Crippen molar-refractivity contribution in [1.82, 2.24) is 0 Å². The lowest BCUT2D eigenvalue weighted by Gasteiger charge is -2.21. The van der Waals surface area contributed by atoms with Gasteiger partial charge in [-0.15, -0.1) is 0 Å². The molecule has 0 aromatic heterocycles. The zero-order valence-electron chi connectivity index (χ0n) is 8.40. The Morgan fingerprint density at radius 2 is 1.93 bits per heavy atom. The fourth-order valence-corrected chi connectivity index (χ4v) is 1.61. The van der Waals surface area contributed by atoms with Gasteiger partial charge in [0, 0.05) is 17.1 Å². The van der Waals surface area contributed by atoms with Gasteiger partial charge in [0.1, 0.15) is 0 Å². The van der Waals surface area contributed by atoms with Crippen molar-refractivity contribution in [2.75, 3.05) is 4.90 Å². The number of halogens is 1. The molecule has 0 aliphatic heterocycles. The van der Waals surface area contributed by atoms with Gasteiger partial charge >= 0.3 is 0 Å². The second-order valence-corrected chi connectivity index (χ2v) is 3.97. The van der Waals surface area contributed by atoms with E-state index in [1.165, 1.54) is 5.56 Å². The van der Waals surface area contributed by atoms with Gasteiger partial charge in [-0.05, 0) is 31.5 Å². The van der Waals surface area contributed by atoms with Crippen LogP contribution in [0.3, 0.4) is 0 Å². The molecule has 2 nitrogen and oxygen atoms in total. The molecule has 0 radical (unpaired) electrons. The number of hydrogen-bond donors (Lipinski definition) is 0. The van der Waals surface area contributed by atoms with Crippen LogP contribution in [0.15, 0.2) is 24.3 Å². The van der Waals surface area contributed by atoms with Gasteiger partial charge in [-0.25, -0.2) is 0 Å². The topological polar surface area (TPSA) is 20.3 Å². The number of carbonyl (C=O) groups excluding carboxylic acids is 1. The summed E-state index contributed by atoms with van der Waals surface area (Å²) in [5.41, 5.74) is 2.16. The molecule has 0 saturated heterocycles. The molecule has 0 atom stereocenters. The molecule has 0 saturated carbocycles. The third-order valence-corrected chi connectivity index (χ3v) is 2.71. The lowest BCUT2D eigenvalue weighted by molar-refractivity contribution is -0.107. The minimum atomic E-state index is 0.197. The lowest BCUT2D eigenvalue weighted by atomic mass is 10.2. The third kappa shape index (κ3) is 2.58. The molecule has 0 spiro atoms. The zero-order valence-corrected chi connectivity index (χ0v) is 9.99. The standard InChI is InChI=1S/C11H14BrNO/c1-9(2)13(8-14)11-5-3-10(7-12)4-6-11/h3-6,8-9H,7H2,1-2H3. The summed E-state index contributed by atoms with van der Waals surface area (Å²) in [6.07, 6.45) is 0.869. The highest BCUT2D eigenvalue weighted by atomic mass is 79.9. The number of amides is 1. The van der Waals surface area contributed by atoms with Crippen LogP contribution >= 0.6 is 15.9 Å². The van der Waals surface area contributed by atoms with Crippen molar-refractivity contribution >= 4 is 28.0 Å². The molecule has 0 fully saturated rings. The maximum atomic E-state index is 10.8. The molecular formula is C11H14BrNO. The normalized spacial score (nSPS) is 10.3. The SMILES string of the molecule is CC(C)N(C=O)c1ccc(CBr)cc1. The maximum Gasteiger partial charge on any atom is 0.214 e. The monoisotopic (exact) mass is 255 g/mol. The molecule has 0 heterocycles. The van der Waals surface area contributed by atoms with Crippen LogP contribution in [0.4, 0.5) is 5.69 Å². The predicted octanol–water partition coefficient (Wildman–Crippen LogP) is 2.95. The molecule has 1 amide bonds. The van der Waals surface area contributed by atoms with Crippen LogP contribution < -0.4 is 4.90 Å². The lowest BCUT2D eigenvalue weighted by Crippen LogP contribution is -2.28. The number of nitrogens with zero attached hydrogens (tertiary/aromatic N) is 1. The highest BCUT2D eigenvalue weighted by Crippen LogP contribution is 2.17. The van der Waals surface area contributed by atoms with Crippen molar-refractivity contribution in [1.29, 1.82) is 0 Å². The minimum Gasteiger partial charge on any atom is -0.313 e. The van der Waals surface area contributed by atoms with E-state index >= 15 is 0 Å². The molecule has 0 bridgehead atoms. The van der Waals surface area contributed by atoms with Gasteiger partial charge in [-0.1, -0.05) is 28.1 Å². The molecule has 1 aromatic carbocycles. The van der Waals surface area contributed by atoms with Gasteiger partial charge in [0.05, 0.1) is 0 Å². The quantitative estimate of drug-likeness (QED) is 0.599. The minimum absolute atomic E-state index is 0.197. The smallest absolute Gasteiger partial charge is 0.214 e. The van der Waals surface area contributed by atoms with Crippen LogP contribution in [-0.2, 0) is 10.1 Å². The van der Waals surface area contributed by atoms with E-state index in [9.17, 15) is 4.79 Å². The first-order valence-electron chi connectivity index (χ1n) is 4.57. The molecule has 3 heteroatoms. The van der Waals surface area contributed by atoms with Gasteiger partial charge in [0.15, 0.2) is 0 Å². The summed E-state index contributed by atoms with van der Waals surface area (Å²) in [6, 6.07) is 8.16. The second-order valence-electron chi connectivity index (χ2n) is 3.41. The van der Waals surface area contributed by atoms with Gasteiger partial charge in [-0.2, -0.15) is 0 Å². The molecule has 0 unspecified atom stereocenters. The van der Waals surface area contributed by atoms with E-state index in [2.05, 4.69) is 15.9 Å². The first kappa shape index (κ1) is 11.2. The number of anilines is 1. The molecule has 0 N–H and O–H groups in total. The molecule has 0 aliphatic carbocycles. The number of benzene rings is 1. The molecule has 1 rings (SSSR count). The van der Waals surface area contributed by atoms with Gasteiger partial charge < -0.3 is 4.90 Å². The number of carbonyl (C=O) groups is 1. The van der Waals surface area contributed by atoms with E-state index in [4.69, 9.17) is 0 Å². The Morgan fingerprint density at radius 1 is 1.36 bits per heavy atom. The second kappa shape index (κ2) is 5.15. The van der Waals surface area contributed by atoms with Crippen LogP contribution in [0.25, 0.3) is 0 Å². The van der Waals surface area contributed by atoms with Crippen LogP contribution in [-0.4, -0.2) is 12.5 Å². The molecular weight excluding hydrogens is 242 g/mol. The number of alkyl halides is 1. The van der Waals surface area contributed by atoms with E-state index < -0.39 is 0 Å². The first-order chi connectivity index (χ1) is 6.69. The fourth-order valence-electron chi connectivity index (χ4n) is 1.24. The van der Waals surface area contributed by atoms with E-state index in [0.717, 1.165) is 17.4 Å². The summed E-state index contributed by atoms with van der Waals surface area (Å²) in [5.74, 6) is 0. The summed E-state index contributed by atoms with van der Waals surface area (Å²) in [7, 11) is 0. The Balaban J connectivity index is 2.89. The van der Waals surface area contributed by atoms with E-state index in [0.29, 0.717) is 0 Å². The van der Waals surface area contributed by atoms with Crippen molar-refractivity contribution in [2.24, 2.45) is 0 Å². The van der Waals surface area contributed by atoms with Gasteiger partial charge in [-0.3, -0.25) is 4.79 Å². The fraction of sp³-hybridized carbons (Fsp3) is 0.364. The first-order valence-corrected chi connectivity index (χ1v) is 5.69. The van der Waals surface area contributed by atoms with E-state index in [-0.39, 0.29) is 6.04 Å². The summed E-state index contributed by atoms with van der Waals surface area (Å²) >= 11 is 3.38. The summed E-state index contributed by atoms with van der Waals surface area (Å²) in [4.78, 5) is 12.5. The number of hydrogen-bond acceptors (Lipinski definition) is 1. The highest BCUT2D eigenvalue weighted by molar-refractivity contribution is 9.08. The van der Waals surface area contributed by atoms with Crippen molar-refractivity contribution in [3.63, 3.8) is 0 Å². The summed E-state index contributed by atoms with van der Waals surface area (Å²) in [5, 5.41) is 0.843. The Kier molecular flexibility index (Phi) is 4.14. The van der Waals surface area contributed by atoms with Crippen molar-refractivity contribution < 1.29 is 4.79 Å². The van der Waals surface area contributed by atoms with Crippen molar-refractivity contribution in [3.05, 3.63) is 29.8 Å². The largest absolute Gasteiger partial charge is 0.313 e. The zero-order chi connectivity index (χ0) is 10.6. The Hall–Kier alpha value is -0.830. The molecule has 14 heavy (non-hydrogen) atoms. The van der Waals surface area contributed by atoms with Crippen LogP contribution in [0.1, 0.15) is 19.4 Å². The molecule has 0 aliphatic rings. The Bertz CT molecular complexity index is 295. The predicted molar refractivity (Wildman–Crippen MR) is 62.8 cm³/mol. The maximum absolute atomic E-state index is 10.8. The Morgan fingerprint density at radius 3 is 2.29 bits per heavy atom. The van der Waals surface area contributed by atoms with Crippen LogP contribution in [0.5, 0.6) is 0 Å². The van der Waals surface area contributed by atoms with Crippen molar-refractivity contribution in [3.8, 4) is 0 Å². The van der Waals surface area contributed by atoms with Crippen molar-refractivity contribution in [2.45, 2.75) is 25.2 Å². The van der Waals surface area contributed by atoms with E-state index in [1.54, 1.807) is 4.90 Å². The highest BCUT2D eigenvalue weighted by Gasteiger charge is 2.08. The summed E-state index contributed by atoms with van der Waals surface area (Å²) < 4.78 is 0. The number of rotatable bonds is 4.